The van der Waals surface area contributed by atoms with Gasteiger partial charge in [0.1, 0.15) is 5.69 Å². The van der Waals surface area contributed by atoms with Crippen LogP contribution >= 0.6 is 0 Å². The average molecular weight is 332 g/mol. The Morgan fingerprint density at radius 1 is 1.21 bits per heavy atom. The van der Waals surface area contributed by atoms with Crippen molar-refractivity contribution in [3.05, 3.63) is 24.0 Å². The summed E-state index contributed by atoms with van der Waals surface area (Å²) in [4.78, 5) is 19.8. The van der Waals surface area contributed by atoms with E-state index in [0.717, 1.165) is 45.0 Å². The number of carbonyl (C=O) groups is 1. The van der Waals surface area contributed by atoms with Crippen molar-refractivity contribution in [3.8, 4) is 0 Å². The summed E-state index contributed by atoms with van der Waals surface area (Å²) < 4.78 is 7.88. The van der Waals surface area contributed by atoms with Crippen LogP contribution in [0.15, 0.2) is 18.3 Å². The minimum atomic E-state index is 0.125. The number of amides is 1. The molecule has 1 amide bonds. The summed E-state index contributed by atoms with van der Waals surface area (Å²) in [5, 5.41) is 0. The number of ether oxygens (including phenoxy) is 1. The first-order valence-corrected chi connectivity index (χ1v) is 9.21. The first-order chi connectivity index (χ1) is 11.7. The van der Waals surface area contributed by atoms with Gasteiger partial charge in [0.05, 0.1) is 18.8 Å². The molecule has 1 aromatic rings. The summed E-state index contributed by atoms with van der Waals surface area (Å²) in [5.41, 5.74) is 0.761. The highest BCUT2D eigenvalue weighted by molar-refractivity contribution is 5.93. The van der Waals surface area contributed by atoms with Gasteiger partial charge in [-0.05, 0) is 38.1 Å². The third-order valence-electron chi connectivity index (χ3n) is 5.77. The second kappa shape index (κ2) is 6.86. The van der Waals surface area contributed by atoms with Crippen molar-refractivity contribution < 1.29 is 9.53 Å². The summed E-state index contributed by atoms with van der Waals surface area (Å²) in [6, 6.07) is 4.18. The third kappa shape index (κ3) is 3.10. The highest BCUT2D eigenvalue weighted by Gasteiger charge is 2.42. The van der Waals surface area contributed by atoms with Crippen molar-refractivity contribution in [2.45, 2.75) is 25.0 Å². The quantitative estimate of drug-likeness (QED) is 0.812. The van der Waals surface area contributed by atoms with Gasteiger partial charge in [0.2, 0.25) is 0 Å². The second-order valence-electron chi connectivity index (χ2n) is 7.28. The Hall–Kier alpha value is -1.37. The molecule has 0 N–H and O–H groups in total. The van der Waals surface area contributed by atoms with Gasteiger partial charge in [-0.2, -0.15) is 0 Å². The minimum absolute atomic E-state index is 0.125. The molecule has 0 radical (unpaired) electrons. The molecule has 0 spiro atoms. The van der Waals surface area contributed by atoms with Gasteiger partial charge >= 0.3 is 0 Å². The fourth-order valence-corrected chi connectivity index (χ4v) is 4.32. The Labute approximate surface area is 143 Å². The molecule has 3 aliphatic heterocycles. The molecule has 0 aromatic carbocycles. The van der Waals surface area contributed by atoms with Gasteiger partial charge in [-0.1, -0.05) is 0 Å². The maximum atomic E-state index is 12.8. The predicted molar refractivity (Wildman–Crippen MR) is 92.1 cm³/mol. The lowest BCUT2D eigenvalue weighted by Crippen LogP contribution is -2.52. The topological polar surface area (TPSA) is 41.0 Å². The SMILES string of the molecule is Cn1cccc1C(=O)N1C[C@@H]2OCCN(CCN3CCCC3)[C@@H]2C1. The lowest BCUT2D eigenvalue weighted by Gasteiger charge is -2.37. The Morgan fingerprint density at radius 2 is 2.04 bits per heavy atom. The molecule has 4 rings (SSSR count). The van der Waals surface area contributed by atoms with Crippen LogP contribution in [0.25, 0.3) is 0 Å². The molecule has 0 saturated carbocycles. The summed E-state index contributed by atoms with van der Waals surface area (Å²) in [6.07, 6.45) is 4.78. The van der Waals surface area contributed by atoms with E-state index in [1.54, 1.807) is 0 Å². The zero-order valence-electron chi connectivity index (χ0n) is 14.6. The van der Waals surface area contributed by atoms with Crippen molar-refractivity contribution in [3.63, 3.8) is 0 Å². The zero-order chi connectivity index (χ0) is 16.5. The molecule has 2 atom stereocenters. The molecule has 6 heteroatoms. The smallest absolute Gasteiger partial charge is 0.270 e. The van der Waals surface area contributed by atoms with Crippen molar-refractivity contribution in [2.24, 2.45) is 7.05 Å². The lowest BCUT2D eigenvalue weighted by atomic mass is 10.1. The van der Waals surface area contributed by atoms with Crippen LogP contribution in [-0.4, -0.2) is 89.7 Å². The largest absolute Gasteiger partial charge is 0.373 e. The van der Waals surface area contributed by atoms with Gasteiger partial charge in [0, 0.05) is 46.0 Å². The van der Waals surface area contributed by atoms with Crippen molar-refractivity contribution in [2.75, 3.05) is 52.4 Å². The average Bonchev–Trinajstić information content (AvgIpc) is 3.32. The number of nitrogens with zero attached hydrogens (tertiary/aromatic N) is 4. The number of rotatable bonds is 4. The van der Waals surface area contributed by atoms with Crippen LogP contribution in [-0.2, 0) is 11.8 Å². The number of likely N-dealkylation sites (tertiary alicyclic amines) is 2. The standard InChI is InChI=1S/C18H28N4O2/c1-19-6-4-5-15(19)18(23)22-13-16-17(14-22)24-12-11-21(16)10-9-20-7-2-3-8-20/h4-6,16-17H,2-3,7-14H2,1H3/t16-,17+/m1/s1. The van der Waals surface area contributed by atoms with E-state index >= 15 is 0 Å². The summed E-state index contributed by atoms with van der Waals surface area (Å²) in [6.45, 7) is 8.01. The van der Waals surface area contributed by atoms with Crippen molar-refractivity contribution in [1.82, 2.24) is 19.3 Å². The van der Waals surface area contributed by atoms with Gasteiger partial charge in [-0.15, -0.1) is 0 Å². The van der Waals surface area contributed by atoms with Gasteiger partial charge < -0.3 is 19.1 Å². The van der Waals surface area contributed by atoms with E-state index in [1.165, 1.54) is 25.9 Å². The van der Waals surface area contributed by atoms with Crippen LogP contribution in [0.3, 0.4) is 0 Å². The second-order valence-corrected chi connectivity index (χ2v) is 7.28. The number of morpholine rings is 1. The van der Waals surface area contributed by atoms with Crippen LogP contribution in [0.2, 0.25) is 0 Å². The molecule has 0 unspecified atom stereocenters. The van der Waals surface area contributed by atoms with Crippen LogP contribution in [0.1, 0.15) is 23.3 Å². The first-order valence-electron chi connectivity index (χ1n) is 9.21. The molecule has 1 aromatic heterocycles. The number of fused-ring (bicyclic) bond motifs is 1. The fraction of sp³-hybridized carbons (Fsp3) is 0.722. The molecule has 4 heterocycles. The maximum Gasteiger partial charge on any atom is 0.270 e. The normalized spacial score (nSPS) is 28.5. The number of aromatic nitrogens is 1. The van der Waals surface area contributed by atoms with Gasteiger partial charge in [-0.3, -0.25) is 9.69 Å². The third-order valence-corrected chi connectivity index (χ3v) is 5.77. The highest BCUT2D eigenvalue weighted by atomic mass is 16.5. The van der Waals surface area contributed by atoms with E-state index in [2.05, 4.69) is 9.80 Å². The van der Waals surface area contributed by atoms with Crippen molar-refractivity contribution in [1.29, 1.82) is 0 Å². The van der Waals surface area contributed by atoms with Crippen LogP contribution < -0.4 is 0 Å². The molecule has 3 fully saturated rings. The van der Waals surface area contributed by atoms with Crippen molar-refractivity contribution >= 4 is 5.91 Å². The molecule has 0 bridgehead atoms. The molecular weight excluding hydrogens is 304 g/mol. The van der Waals surface area contributed by atoms with Gasteiger partial charge in [-0.25, -0.2) is 0 Å². The Kier molecular flexibility index (Phi) is 4.61. The number of aryl methyl sites for hydroxylation is 1. The molecule has 3 saturated heterocycles. The van der Waals surface area contributed by atoms with E-state index in [4.69, 9.17) is 4.74 Å². The first kappa shape index (κ1) is 16.1. The predicted octanol–water partition coefficient (Wildman–Crippen LogP) is 0.646. The van der Waals surface area contributed by atoms with Crippen LogP contribution in [0, 0.1) is 0 Å². The lowest BCUT2D eigenvalue weighted by molar-refractivity contribution is -0.0487. The summed E-state index contributed by atoms with van der Waals surface area (Å²) in [7, 11) is 1.93. The summed E-state index contributed by atoms with van der Waals surface area (Å²) >= 11 is 0. The fourth-order valence-electron chi connectivity index (χ4n) is 4.32. The Morgan fingerprint density at radius 3 is 2.79 bits per heavy atom. The Balaban J connectivity index is 1.38. The maximum absolute atomic E-state index is 12.8. The number of carbonyl (C=O) groups excluding carboxylic acids is 1. The molecule has 0 aliphatic carbocycles. The minimum Gasteiger partial charge on any atom is -0.373 e. The van der Waals surface area contributed by atoms with Gasteiger partial charge in [0.25, 0.3) is 5.91 Å². The van der Waals surface area contributed by atoms with E-state index in [9.17, 15) is 4.79 Å². The Bertz CT molecular complexity index is 581. The van der Waals surface area contributed by atoms with Gasteiger partial charge in [0.15, 0.2) is 0 Å². The van der Waals surface area contributed by atoms with E-state index in [1.807, 2.05) is 34.8 Å². The summed E-state index contributed by atoms with van der Waals surface area (Å²) in [5.74, 6) is 0.125. The molecular formula is C18H28N4O2. The van der Waals surface area contributed by atoms with Crippen LogP contribution in [0.5, 0.6) is 0 Å². The van der Waals surface area contributed by atoms with E-state index in [0.29, 0.717) is 6.04 Å². The molecule has 24 heavy (non-hydrogen) atoms. The number of hydrogen-bond donors (Lipinski definition) is 0. The number of hydrogen-bond acceptors (Lipinski definition) is 4. The zero-order valence-corrected chi connectivity index (χ0v) is 14.6. The molecule has 132 valence electrons. The highest BCUT2D eigenvalue weighted by Crippen LogP contribution is 2.24. The molecule has 6 nitrogen and oxygen atoms in total. The van der Waals surface area contributed by atoms with Crippen LogP contribution in [0.4, 0.5) is 0 Å². The van der Waals surface area contributed by atoms with E-state index in [-0.39, 0.29) is 12.0 Å². The van der Waals surface area contributed by atoms with E-state index < -0.39 is 0 Å². The molecule has 3 aliphatic rings. The monoisotopic (exact) mass is 332 g/mol.